The van der Waals surface area contributed by atoms with Gasteiger partial charge in [0.15, 0.2) is 17.3 Å². The summed E-state index contributed by atoms with van der Waals surface area (Å²) in [6.07, 6.45) is 1.00. The summed E-state index contributed by atoms with van der Waals surface area (Å²) >= 11 is 0. The van der Waals surface area contributed by atoms with Crippen LogP contribution in [0, 0.1) is 34.6 Å². The molecule has 30 heavy (non-hydrogen) atoms. The van der Waals surface area contributed by atoms with E-state index in [-0.39, 0.29) is 5.91 Å². The van der Waals surface area contributed by atoms with Gasteiger partial charge in [0, 0.05) is 17.8 Å². The fourth-order valence-electron chi connectivity index (χ4n) is 3.58. The molecule has 4 aromatic rings. The van der Waals surface area contributed by atoms with Gasteiger partial charge in [0.1, 0.15) is 0 Å². The SMILES string of the molecule is Cc1ccc(C)c(NC(=O)CCc2c(C)nn(-c3ccc4nnc(C)n4n3)c2C)c1. The van der Waals surface area contributed by atoms with Crippen LogP contribution in [0.25, 0.3) is 11.5 Å². The molecule has 1 amide bonds. The highest BCUT2D eigenvalue weighted by Crippen LogP contribution is 2.20. The molecule has 8 heteroatoms. The Morgan fingerprint density at radius 3 is 2.60 bits per heavy atom. The van der Waals surface area contributed by atoms with Crippen molar-refractivity contribution >= 4 is 17.2 Å². The zero-order valence-electron chi connectivity index (χ0n) is 17.9. The van der Waals surface area contributed by atoms with Crippen molar-refractivity contribution in [1.29, 1.82) is 0 Å². The molecule has 8 nitrogen and oxygen atoms in total. The average Bonchev–Trinajstić information content (AvgIpc) is 3.22. The molecule has 0 fully saturated rings. The van der Waals surface area contributed by atoms with Crippen molar-refractivity contribution in [2.24, 2.45) is 0 Å². The lowest BCUT2D eigenvalue weighted by Gasteiger charge is -2.09. The number of benzene rings is 1. The first kappa shape index (κ1) is 19.8. The van der Waals surface area contributed by atoms with E-state index in [1.54, 1.807) is 4.52 Å². The van der Waals surface area contributed by atoms with Crippen LogP contribution in [-0.2, 0) is 11.2 Å². The Morgan fingerprint density at radius 2 is 1.80 bits per heavy atom. The third kappa shape index (κ3) is 3.68. The minimum Gasteiger partial charge on any atom is -0.326 e. The number of rotatable bonds is 5. The molecule has 0 aliphatic carbocycles. The maximum Gasteiger partial charge on any atom is 0.224 e. The Labute approximate surface area is 174 Å². The first-order valence-electron chi connectivity index (χ1n) is 9.95. The van der Waals surface area contributed by atoms with Gasteiger partial charge >= 0.3 is 0 Å². The molecular formula is C22H25N7O. The summed E-state index contributed by atoms with van der Waals surface area (Å²) in [5, 5.41) is 20.4. The molecule has 1 N–H and O–H groups in total. The van der Waals surface area contributed by atoms with E-state index >= 15 is 0 Å². The summed E-state index contributed by atoms with van der Waals surface area (Å²) in [6, 6.07) is 9.80. The third-order valence-electron chi connectivity index (χ3n) is 5.33. The molecule has 0 spiro atoms. The summed E-state index contributed by atoms with van der Waals surface area (Å²) < 4.78 is 3.51. The molecule has 0 radical (unpaired) electrons. The molecule has 3 heterocycles. The smallest absolute Gasteiger partial charge is 0.224 e. The largest absolute Gasteiger partial charge is 0.326 e. The Balaban J connectivity index is 1.52. The number of aromatic nitrogens is 6. The molecule has 0 unspecified atom stereocenters. The highest BCUT2D eigenvalue weighted by molar-refractivity contribution is 5.91. The Hall–Kier alpha value is -3.55. The van der Waals surface area contributed by atoms with Crippen LogP contribution < -0.4 is 5.32 Å². The normalized spacial score (nSPS) is 11.2. The second kappa shape index (κ2) is 7.70. The van der Waals surface area contributed by atoms with E-state index in [0.29, 0.717) is 24.3 Å². The second-order valence-corrected chi connectivity index (χ2v) is 7.64. The van der Waals surface area contributed by atoms with Gasteiger partial charge in [0.25, 0.3) is 0 Å². The lowest BCUT2D eigenvalue weighted by molar-refractivity contribution is -0.116. The molecule has 0 saturated heterocycles. The highest BCUT2D eigenvalue weighted by atomic mass is 16.1. The molecule has 1 aromatic carbocycles. The maximum absolute atomic E-state index is 12.5. The Kier molecular flexibility index (Phi) is 5.07. The maximum atomic E-state index is 12.5. The molecule has 0 saturated carbocycles. The number of anilines is 1. The summed E-state index contributed by atoms with van der Waals surface area (Å²) in [6.45, 7) is 9.84. The van der Waals surface area contributed by atoms with Gasteiger partial charge in [0.2, 0.25) is 5.91 Å². The van der Waals surface area contributed by atoms with Gasteiger partial charge in [-0.15, -0.1) is 15.3 Å². The molecule has 3 aromatic heterocycles. The van der Waals surface area contributed by atoms with Crippen LogP contribution in [0.3, 0.4) is 0 Å². The van der Waals surface area contributed by atoms with Gasteiger partial charge in [-0.3, -0.25) is 4.79 Å². The molecule has 0 bridgehead atoms. The number of carbonyl (C=O) groups excluding carboxylic acids is 1. The van der Waals surface area contributed by atoms with Crippen LogP contribution in [0.2, 0.25) is 0 Å². The van der Waals surface area contributed by atoms with Gasteiger partial charge in [0.05, 0.1) is 5.69 Å². The van der Waals surface area contributed by atoms with Crippen LogP contribution in [0.5, 0.6) is 0 Å². The topological polar surface area (TPSA) is 90.0 Å². The van der Waals surface area contributed by atoms with E-state index in [2.05, 4.69) is 25.7 Å². The number of aryl methyl sites for hydroxylation is 4. The zero-order valence-corrected chi connectivity index (χ0v) is 17.9. The molecule has 154 valence electrons. The van der Waals surface area contributed by atoms with E-state index in [1.807, 2.05) is 69.6 Å². The predicted molar refractivity (Wildman–Crippen MR) is 115 cm³/mol. The van der Waals surface area contributed by atoms with Crippen LogP contribution in [0.15, 0.2) is 30.3 Å². The summed E-state index contributed by atoms with van der Waals surface area (Å²) in [4.78, 5) is 12.5. The van der Waals surface area contributed by atoms with Crippen molar-refractivity contribution in [2.45, 2.75) is 47.5 Å². The molecule has 0 atom stereocenters. The summed E-state index contributed by atoms with van der Waals surface area (Å²) in [5.74, 6) is 1.41. The first-order chi connectivity index (χ1) is 14.3. The minimum atomic E-state index is -0.00471. The number of fused-ring (bicyclic) bond motifs is 1. The Morgan fingerprint density at radius 1 is 1.00 bits per heavy atom. The van der Waals surface area contributed by atoms with Gasteiger partial charge in [-0.05, 0) is 75.9 Å². The van der Waals surface area contributed by atoms with Gasteiger partial charge in [-0.1, -0.05) is 12.1 Å². The average molecular weight is 403 g/mol. The van der Waals surface area contributed by atoms with Crippen molar-refractivity contribution in [3.63, 3.8) is 0 Å². The first-order valence-corrected chi connectivity index (χ1v) is 9.95. The van der Waals surface area contributed by atoms with Crippen molar-refractivity contribution in [1.82, 2.24) is 29.6 Å². The second-order valence-electron chi connectivity index (χ2n) is 7.64. The lowest BCUT2D eigenvalue weighted by Crippen LogP contribution is -2.13. The van der Waals surface area contributed by atoms with Crippen LogP contribution in [0.4, 0.5) is 5.69 Å². The van der Waals surface area contributed by atoms with Crippen molar-refractivity contribution in [3.8, 4) is 5.82 Å². The summed E-state index contributed by atoms with van der Waals surface area (Å²) in [5.41, 5.74) is 6.68. The molecule has 4 rings (SSSR count). The van der Waals surface area contributed by atoms with Crippen LogP contribution in [0.1, 0.15) is 40.3 Å². The van der Waals surface area contributed by atoms with Crippen LogP contribution in [-0.4, -0.2) is 35.5 Å². The van der Waals surface area contributed by atoms with Gasteiger partial charge < -0.3 is 5.32 Å². The van der Waals surface area contributed by atoms with Crippen LogP contribution >= 0.6 is 0 Å². The fraction of sp³-hybridized carbons (Fsp3) is 0.318. The number of carbonyl (C=O) groups is 1. The fourth-order valence-corrected chi connectivity index (χ4v) is 3.58. The quantitative estimate of drug-likeness (QED) is 0.551. The van der Waals surface area contributed by atoms with Gasteiger partial charge in [-0.2, -0.15) is 9.61 Å². The Bertz CT molecular complexity index is 1250. The molecule has 0 aliphatic heterocycles. The molecule has 0 aliphatic rings. The summed E-state index contributed by atoms with van der Waals surface area (Å²) in [7, 11) is 0. The monoisotopic (exact) mass is 403 g/mol. The number of amides is 1. The van der Waals surface area contributed by atoms with Crippen molar-refractivity contribution in [2.75, 3.05) is 5.32 Å². The van der Waals surface area contributed by atoms with Gasteiger partial charge in [-0.25, -0.2) is 4.68 Å². The van der Waals surface area contributed by atoms with E-state index in [1.165, 1.54) is 0 Å². The molecular weight excluding hydrogens is 378 g/mol. The standard InChI is InChI=1S/C22H25N7O/c1-13-6-7-14(2)19(12-13)23-22(30)11-8-18-15(3)26-28(16(18)4)21-10-9-20-25-24-17(5)29(20)27-21/h6-7,9-10,12H,8,11H2,1-5H3,(H,23,30). The van der Waals surface area contributed by atoms with E-state index < -0.39 is 0 Å². The lowest BCUT2D eigenvalue weighted by atomic mass is 10.1. The van der Waals surface area contributed by atoms with E-state index in [0.717, 1.165) is 39.6 Å². The number of hydrogen-bond donors (Lipinski definition) is 1. The van der Waals surface area contributed by atoms with E-state index in [9.17, 15) is 4.79 Å². The third-order valence-corrected chi connectivity index (χ3v) is 5.33. The van der Waals surface area contributed by atoms with Crippen molar-refractivity contribution < 1.29 is 4.79 Å². The van der Waals surface area contributed by atoms with E-state index in [4.69, 9.17) is 0 Å². The zero-order chi connectivity index (χ0) is 21.4. The van der Waals surface area contributed by atoms with Crippen molar-refractivity contribution in [3.05, 3.63) is 64.2 Å². The number of hydrogen-bond acceptors (Lipinski definition) is 5. The minimum absolute atomic E-state index is 0.00471. The predicted octanol–water partition coefficient (Wildman–Crippen LogP) is 3.42. The number of nitrogens with one attached hydrogen (secondary N) is 1. The highest BCUT2D eigenvalue weighted by Gasteiger charge is 2.16. The number of nitrogens with zero attached hydrogens (tertiary/aromatic N) is 6.